The number of rotatable bonds is 5. The molecular formula is C10H21N4OP. The first-order valence-electron chi connectivity index (χ1n) is 5.17. The Morgan fingerprint density at radius 1 is 1.00 bits per heavy atom. The van der Waals surface area contributed by atoms with Crippen LogP contribution < -0.4 is 0 Å². The lowest BCUT2D eigenvalue weighted by atomic mass is 10.7. The van der Waals surface area contributed by atoms with Crippen LogP contribution in [0.25, 0.3) is 0 Å². The third-order valence-corrected chi connectivity index (χ3v) is 5.62. The normalized spacial score (nSPS) is 13.0. The minimum absolute atomic E-state index is 0.612. The quantitative estimate of drug-likeness (QED) is 0.736. The van der Waals surface area contributed by atoms with Gasteiger partial charge in [0.25, 0.3) is 7.59 Å². The monoisotopic (exact) mass is 244 g/mol. The lowest BCUT2D eigenvalue weighted by Crippen LogP contribution is -2.33. The maximum absolute atomic E-state index is 12.8. The van der Waals surface area contributed by atoms with Gasteiger partial charge in [-0.2, -0.15) is 0 Å². The second kappa shape index (κ2) is 5.15. The highest BCUT2D eigenvalue weighted by molar-refractivity contribution is 7.56. The van der Waals surface area contributed by atoms with E-state index in [0.717, 1.165) is 0 Å². The highest BCUT2D eigenvalue weighted by Gasteiger charge is 2.33. The summed E-state index contributed by atoms with van der Waals surface area (Å²) < 4.78 is 20.2. The van der Waals surface area contributed by atoms with Crippen molar-refractivity contribution in [1.82, 2.24) is 18.6 Å². The zero-order chi connectivity index (χ0) is 12.3. The van der Waals surface area contributed by atoms with Gasteiger partial charge in [0.1, 0.15) is 0 Å². The smallest absolute Gasteiger partial charge is 0.287 e. The van der Waals surface area contributed by atoms with Crippen LogP contribution in [-0.4, -0.2) is 53.8 Å². The molecule has 0 spiro atoms. The fraction of sp³-hybridized carbons (Fsp3) is 0.600. The van der Waals surface area contributed by atoms with E-state index in [9.17, 15) is 4.57 Å². The van der Waals surface area contributed by atoms with Gasteiger partial charge in [-0.05, 0) is 47.4 Å². The summed E-state index contributed by atoms with van der Waals surface area (Å²) in [5.41, 5.74) is 0. The number of hydrogen-bond acceptors (Lipinski definition) is 1. The van der Waals surface area contributed by atoms with Crippen LogP contribution in [-0.2, 0) is 11.2 Å². The van der Waals surface area contributed by atoms with E-state index < -0.39 is 7.59 Å². The highest BCUT2D eigenvalue weighted by atomic mass is 31.2. The van der Waals surface area contributed by atoms with Crippen LogP contribution in [0.3, 0.4) is 0 Å². The Kier molecular flexibility index (Phi) is 4.33. The molecule has 1 aromatic rings. The summed E-state index contributed by atoms with van der Waals surface area (Å²) in [6, 6.07) is 3.92. The van der Waals surface area contributed by atoms with Crippen LogP contribution in [0.4, 0.5) is 0 Å². The number of hydrogen-bond donors (Lipinski definition) is 0. The van der Waals surface area contributed by atoms with Gasteiger partial charge in [-0.15, -0.1) is 0 Å². The molecule has 0 atom stereocenters. The summed E-state index contributed by atoms with van der Waals surface area (Å²) in [5.74, 6) is 0. The summed E-state index contributed by atoms with van der Waals surface area (Å²) in [7, 11) is 6.62. The lowest BCUT2D eigenvalue weighted by Gasteiger charge is -2.37. The Hall–Kier alpha value is -0.610. The Morgan fingerprint density at radius 2 is 1.44 bits per heavy atom. The molecule has 0 radical (unpaired) electrons. The molecule has 0 aliphatic carbocycles. The minimum Gasteiger partial charge on any atom is -0.341 e. The van der Waals surface area contributed by atoms with E-state index in [1.54, 1.807) is 9.34 Å². The lowest BCUT2D eigenvalue weighted by molar-refractivity contribution is 0.321. The Morgan fingerprint density at radius 3 is 1.81 bits per heavy atom. The van der Waals surface area contributed by atoms with Crippen LogP contribution in [0, 0.1) is 0 Å². The molecule has 0 amide bonds. The van der Waals surface area contributed by atoms with E-state index in [-0.39, 0.29) is 0 Å². The second-order valence-electron chi connectivity index (χ2n) is 4.20. The molecule has 0 N–H and O–H groups in total. The largest absolute Gasteiger partial charge is 0.341 e. The molecule has 0 aromatic carbocycles. The van der Waals surface area contributed by atoms with Crippen LogP contribution in [0.1, 0.15) is 0 Å². The number of aromatic nitrogens is 1. The average Bonchev–Trinajstić information content (AvgIpc) is 2.68. The van der Waals surface area contributed by atoms with Crippen molar-refractivity contribution in [1.29, 1.82) is 0 Å². The zero-order valence-electron chi connectivity index (χ0n) is 10.7. The van der Waals surface area contributed by atoms with Crippen molar-refractivity contribution >= 4 is 7.59 Å². The molecule has 0 bridgehead atoms. The Balaban J connectivity index is 2.84. The third kappa shape index (κ3) is 2.55. The van der Waals surface area contributed by atoms with Crippen molar-refractivity contribution in [3.05, 3.63) is 24.5 Å². The van der Waals surface area contributed by atoms with Crippen molar-refractivity contribution in [2.75, 3.05) is 35.2 Å². The maximum Gasteiger partial charge on any atom is 0.287 e. The van der Waals surface area contributed by atoms with Gasteiger partial charge < -0.3 is 4.57 Å². The third-order valence-electron chi connectivity index (χ3n) is 2.52. The molecule has 16 heavy (non-hydrogen) atoms. The van der Waals surface area contributed by atoms with Gasteiger partial charge in [0.2, 0.25) is 0 Å². The zero-order valence-corrected chi connectivity index (χ0v) is 11.6. The second-order valence-corrected chi connectivity index (χ2v) is 7.51. The number of nitrogens with zero attached hydrogens (tertiary/aromatic N) is 4. The average molecular weight is 244 g/mol. The molecule has 5 nitrogen and oxygen atoms in total. The summed E-state index contributed by atoms with van der Waals surface area (Å²) in [4.78, 5) is 0. The molecule has 1 heterocycles. The molecule has 0 aliphatic rings. The highest BCUT2D eigenvalue weighted by Crippen LogP contribution is 2.52. The van der Waals surface area contributed by atoms with Crippen LogP contribution >= 0.6 is 7.59 Å². The van der Waals surface area contributed by atoms with Crippen LogP contribution in [0.15, 0.2) is 24.5 Å². The van der Waals surface area contributed by atoms with Gasteiger partial charge in [-0.25, -0.2) is 14.0 Å². The van der Waals surface area contributed by atoms with Gasteiger partial charge >= 0.3 is 0 Å². The topological polar surface area (TPSA) is 31.7 Å². The molecule has 1 aromatic heterocycles. The van der Waals surface area contributed by atoms with Gasteiger partial charge in [-0.3, -0.25) is 4.57 Å². The standard InChI is InChI=1S/C10H21N4OP/c1-11(2)16(15,12(3)4)13(5)10-14-8-6-7-9-14/h6-9H,10H2,1-5H3. The molecule has 0 saturated carbocycles. The van der Waals surface area contributed by atoms with E-state index in [4.69, 9.17) is 0 Å². The first-order chi connectivity index (χ1) is 7.39. The predicted octanol–water partition coefficient (Wildman–Crippen LogP) is 1.61. The SMILES string of the molecule is CN(C)P(=O)(N(C)C)N(C)Cn1cccc1. The van der Waals surface area contributed by atoms with Gasteiger partial charge in [-0.1, -0.05) is 0 Å². The van der Waals surface area contributed by atoms with E-state index in [2.05, 4.69) is 0 Å². The Labute approximate surface area is 97.8 Å². The van der Waals surface area contributed by atoms with E-state index >= 15 is 0 Å². The Bertz CT molecular complexity index is 349. The molecule has 92 valence electrons. The summed E-state index contributed by atoms with van der Waals surface area (Å²) >= 11 is 0. The van der Waals surface area contributed by atoms with Crippen molar-refractivity contribution in [2.24, 2.45) is 0 Å². The maximum atomic E-state index is 12.8. The molecule has 0 fully saturated rings. The minimum atomic E-state index is -2.62. The van der Waals surface area contributed by atoms with Gasteiger partial charge in [0, 0.05) is 12.4 Å². The van der Waals surface area contributed by atoms with Crippen LogP contribution in [0.5, 0.6) is 0 Å². The molecule has 0 saturated heterocycles. The van der Waals surface area contributed by atoms with E-state index in [0.29, 0.717) is 6.67 Å². The molecule has 0 aliphatic heterocycles. The first kappa shape index (κ1) is 13.5. The first-order valence-corrected chi connectivity index (χ1v) is 6.73. The molecule has 1 rings (SSSR count). The molecule has 6 heteroatoms. The van der Waals surface area contributed by atoms with E-state index in [1.807, 2.05) is 69.0 Å². The molecular weight excluding hydrogens is 223 g/mol. The summed E-state index contributed by atoms with van der Waals surface area (Å²) in [6.07, 6.45) is 3.93. The fourth-order valence-corrected chi connectivity index (χ4v) is 4.00. The van der Waals surface area contributed by atoms with Crippen LogP contribution in [0.2, 0.25) is 0 Å². The van der Waals surface area contributed by atoms with Crippen molar-refractivity contribution in [3.8, 4) is 0 Å². The van der Waals surface area contributed by atoms with E-state index in [1.165, 1.54) is 0 Å². The van der Waals surface area contributed by atoms with Crippen molar-refractivity contribution in [2.45, 2.75) is 6.67 Å². The fourth-order valence-electron chi connectivity index (χ4n) is 1.75. The van der Waals surface area contributed by atoms with Gasteiger partial charge in [0.15, 0.2) is 0 Å². The predicted molar refractivity (Wildman–Crippen MR) is 67.2 cm³/mol. The summed E-state index contributed by atoms with van der Waals surface area (Å²) in [6.45, 7) is 0.612. The van der Waals surface area contributed by atoms with Crippen molar-refractivity contribution < 1.29 is 4.57 Å². The summed E-state index contributed by atoms with van der Waals surface area (Å²) in [5, 5.41) is 0. The molecule has 0 unspecified atom stereocenters. The van der Waals surface area contributed by atoms with Crippen molar-refractivity contribution in [3.63, 3.8) is 0 Å². The van der Waals surface area contributed by atoms with Gasteiger partial charge in [0.05, 0.1) is 6.67 Å².